The van der Waals surface area contributed by atoms with Gasteiger partial charge in [0.25, 0.3) is 5.91 Å². The van der Waals surface area contributed by atoms with Gasteiger partial charge in [0.1, 0.15) is 12.2 Å². The topological polar surface area (TPSA) is 58.4 Å². The maximum atomic E-state index is 13.0. The van der Waals surface area contributed by atoms with Crippen LogP contribution in [0.2, 0.25) is 0 Å². The largest absolute Gasteiger partial charge is 0.312 e. The van der Waals surface area contributed by atoms with E-state index >= 15 is 0 Å². The van der Waals surface area contributed by atoms with Gasteiger partial charge in [-0.15, -0.1) is 0 Å². The van der Waals surface area contributed by atoms with Crippen LogP contribution in [-0.2, 0) is 11.8 Å². The number of hydrogen-bond donors (Lipinski definition) is 0. The zero-order valence-electron chi connectivity index (χ0n) is 13.2. The molecule has 1 fully saturated rings. The van der Waals surface area contributed by atoms with Gasteiger partial charge in [-0.1, -0.05) is 12.1 Å². The van der Waals surface area contributed by atoms with E-state index in [1.165, 1.54) is 0 Å². The van der Waals surface area contributed by atoms with Gasteiger partial charge in [-0.25, -0.2) is 0 Å². The number of para-hydroxylation sites is 2. The summed E-state index contributed by atoms with van der Waals surface area (Å²) in [5.41, 5.74) is 3.01. The summed E-state index contributed by atoms with van der Waals surface area (Å²) in [4.78, 5) is 28.3. The summed E-state index contributed by atoms with van der Waals surface area (Å²) >= 11 is 0. The second-order valence-electron chi connectivity index (χ2n) is 6.19. The minimum Gasteiger partial charge on any atom is -0.312 e. The third kappa shape index (κ3) is 2.21. The van der Waals surface area contributed by atoms with Gasteiger partial charge in [0.05, 0.1) is 17.1 Å². The molecule has 2 aromatic rings. The van der Waals surface area contributed by atoms with Crippen molar-refractivity contribution in [2.45, 2.75) is 18.8 Å². The lowest BCUT2D eigenvalue weighted by Gasteiger charge is -2.33. The molecule has 1 aliphatic heterocycles. The number of benzene rings is 1. The number of likely N-dealkylation sites (N-methyl/N-ethyl adjacent to an activating group) is 1. The van der Waals surface area contributed by atoms with Gasteiger partial charge in [-0.2, -0.15) is 5.10 Å². The van der Waals surface area contributed by atoms with Crippen LogP contribution in [0.4, 0.5) is 11.4 Å². The van der Waals surface area contributed by atoms with Crippen molar-refractivity contribution < 1.29 is 9.59 Å². The van der Waals surface area contributed by atoms with Crippen LogP contribution in [0.5, 0.6) is 0 Å². The summed E-state index contributed by atoms with van der Waals surface area (Å²) in [7, 11) is 3.52. The molecule has 23 heavy (non-hydrogen) atoms. The molecule has 2 amide bonds. The van der Waals surface area contributed by atoms with E-state index in [4.69, 9.17) is 0 Å². The lowest BCUT2D eigenvalue weighted by Crippen LogP contribution is -2.47. The van der Waals surface area contributed by atoms with E-state index in [-0.39, 0.29) is 18.4 Å². The standard InChI is InChI=1S/C17H18N4O2/c1-19-13-5-3-4-6-14(13)21(10-16(19)22)17(23)15-9-12(11-7-8-11)18-20(15)2/h3-6,9,11H,7-8,10H2,1-2H3. The van der Waals surface area contributed by atoms with Crippen molar-refractivity contribution in [1.29, 1.82) is 0 Å². The highest BCUT2D eigenvalue weighted by Crippen LogP contribution is 2.40. The Balaban J connectivity index is 1.73. The number of aryl methyl sites for hydroxylation is 1. The number of rotatable bonds is 2. The molecule has 118 valence electrons. The van der Waals surface area contributed by atoms with E-state index in [2.05, 4.69) is 5.10 Å². The highest BCUT2D eigenvalue weighted by molar-refractivity contribution is 6.15. The van der Waals surface area contributed by atoms with E-state index < -0.39 is 0 Å². The van der Waals surface area contributed by atoms with E-state index in [1.54, 1.807) is 28.6 Å². The zero-order chi connectivity index (χ0) is 16.1. The van der Waals surface area contributed by atoms with Crippen LogP contribution >= 0.6 is 0 Å². The van der Waals surface area contributed by atoms with Gasteiger partial charge in [-0.05, 0) is 31.0 Å². The Labute approximate surface area is 134 Å². The normalized spacial score (nSPS) is 17.4. The monoisotopic (exact) mass is 310 g/mol. The summed E-state index contributed by atoms with van der Waals surface area (Å²) in [6.07, 6.45) is 2.28. The number of fused-ring (bicyclic) bond motifs is 1. The van der Waals surface area contributed by atoms with E-state index in [1.807, 2.05) is 30.3 Å². The SMILES string of the molecule is CN1C(=O)CN(C(=O)c2cc(C3CC3)nn2C)c2ccccc21. The number of carbonyl (C=O) groups excluding carboxylic acids is 2. The first-order valence-electron chi connectivity index (χ1n) is 7.77. The number of hydrogen-bond acceptors (Lipinski definition) is 3. The minimum atomic E-state index is -0.180. The van der Waals surface area contributed by atoms with Crippen molar-refractivity contribution in [2.24, 2.45) is 7.05 Å². The fourth-order valence-electron chi connectivity index (χ4n) is 3.02. The van der Waals surface area contributed by atoms with Crippen molar-refractivity contribution in [1.82, 2.24) is 9.78 Å². The van der Waals surface area contributed by atoms with Crippen LogP contribution in [0.25, 0.3) is 0 Å². The molecule has 0 bridgehead atoms. The van der Waals surface area contributed by atoms with Crippen molar-refractivity contribution in [2.75, 3.05) is 23.4 Å². The van der Waals surface area contributed by atoms with Crippen LogP contribution < -0.4 is 9.80 Å². The highest BCUT2D eigenvalue weighted by Gasteiger charge is 2.34. The molecule has 2 heterocycles. The summed E-state index contributed by atoms with van der Waals surface area (Å²) in [5, 5.41) is 4.45. The van der Waals surface area contributed by atoms with Crippen molar-refractivity contribution >= 4 is 23.2 Å². The third-order valence-electron chi connectivity index (χ3n) is 4.56. The van der Waals surface area contributed by atoms with Crippen LogP contribution in [0.1, 0.15) is 34.9 Å². The van der Waals surface area contributed by atoms with Crippen molar-refractivity contribution in [3.63, 3.8) is 0 Å². The quantitative estimate of drug-likeness (QED) is 0.851. The highest BCUT2D eigenvalue weighted by atomic mass is 16.2. The summed E-state index contributed by atoms with van der Waals surface area (Å²) in [5.74, 6) is 0.214. The molecule has 0 unspecified atom stereocenters. The first-order chi connectivity index (χ1) is 11.1. The van der Waals surface area contributed by atoms with Crippen molar-refractivity contribution in [3.8, 4) is 0 Å². The van der Waals surface area contributed by atoms with Crippen LogP contribution in [0.3, 0.4) is 0 Å². The Bertz CT molecular complexity index is 807. The maximum Gasteiger partial charge on any atom is 0.277 e. The number of amides is 2. The first-order valence-corrected chi connectivity index (χ1v) is 7.77. The molecule has 2 aliphatic rings. The van der Waals surface area contributed by atoms with Crippen molar-refractivity contribution in [3.05, 3.63) is 41.7 Å². The molecule has 0 spiro atoms. The fraction of sp³-hybridized carbons (Fsp3) is 0.353. The predicted molar refractivity (Wildman–Crippen MR) is 86.7 cm³/mol. The van der Waals surface area contributed by atoms with Crippen LogP contribution in [-0.4, -0.2) is 35.2 Å². The molecule has 4 rings (SSSR count). The van der Waals surface area contributed by atoms with Gasteiger partial charge in [-0.3, -0.25) is 19.2 Å². The number of carbonyl (C=O) groups is 2. The molecule has 1 aromatic heterocycles. The van der Waals surface area contributed by atoms with E-state index in [0.29, 0.717) is 11.6 Å². The van der Waals surface area contributed by atoms with Gasteiger partial charge >= 0.3 is 0 Å². The molecule has 1 aromatic carbocycles. The number of anilines is 2. The third-order valence-corrected chi connectivity index (χ3v) is 4.56. The van der Waals surface area contributed by atoms with Gasteiger partial charge in [0, 0.05) is 20.0 Å². The smallest absolute Gasteiger partial charge is 0.277 e. The molecular weight excluding hydrogens is 292 g/mol. The van der Waals surface area contributed by atoms with E-state index in [0.717, 1.165) is 29.9 Å². The molecular formula is C17H18N4O2. The Morgan fingerprint density at radius 1 is 1.17 bits per heavy atom. The maximum absolute atomic E-state index is 13.0. The Hall–Kier alpha value is -2.63. The zero-order valence-corrected chi connectivity index (χ0v) is 13.2. The van der Waals surface area contributed by atoms with Crippen LogP contribution in [0.15, 0.2) is 30.3 Å². The molecule has 1 saturated carbocycles. The second-order valence-corrected chi connectivity index (χ2v) is 6.19. The molecule has 0 radical (unpaired) electrons. The Morgan fingerprint density at radius 2 is 1.87 bits per heavy atom. The van der Waals surface area contributed by atoms with E-state index in [9.17, 15) is 9.59 Å². The van der Waals surface area contributed by atoms with Gasteiger partial charge in [0.15, 0.2) is 0 Å². The summed E-state index contributed by atoms with van der Waals surface area (Å²) in [6, 6.07) is 9.33. The molecule has 0 saturated heterocycles. The lowest BCUT2D eigenvalue weighted by molar-refractivity contribution is -0.117. The Kier molecular flexibility index (Phi) is 3.01. The molecule has 1 aliphatic carbocycles. The number of aromatic nitrogens is 2. The second kappa shape index (κ2) is 4.94. The molecule has 0 atom stereocenters. The molecule has 6 nitrogen and oxygen atoms in total. The average molecular weight is 310 g/mol. The summed E-state index contributed by atoms with van der Waals surface area (Å²) in [6.45, 7) is 0.0519. The van der Waals surface area contributed by atoms with Crippen LogP contribution in [0, 0.1) is 0 Å². The summed E-state index contributed by atoms with van der Waals surface area (Å²) < 4.78 is 1.63. The predicted octanol–water partition coefficient (Wildman–Crippen LogP) is 1.92. The van der Waals surface area contributed by atoms with Gasteiger partial charge in [0.2, 0.25) is 5.91 Å². The average Bonchev–Trinajstić information content (AvgIpc) is 3.33. The lowest BCUT2D eigenvalue weighted by atomic mass is 10.1. The minimum absolute atomic E-state index is 0.0519. The Morgan fingerprint density at radius 3 is 2.57 bits per heavy atom. The first kappa shape index (κ1) is 14.0. The molecule has 0 N–H and O–H groups in total. The van der Waals surface area contributed by atoms with Gasteiger partial charge < -0.3 is 4.90 Å². The molecule has 6 heteroatoms. The number of nitrogens with zero attached hydrogens (tertiary/aromatic N) is 4. The fourth-order valence-corrected chi connectivity index (χ4v) is 3.02.